The molecular weight excluding hydrogens is 306 g/mol. The van der Waals surface area contributed by atoms with Crippen LogP contribution in [0, 0.1) is 5.41 Å². The molecule has 0 aliphatic carbocycles. The third kappa shape index (κ3) is 4.96. The van der Waals surface area contributed by atoms with Crippen LogP contribution in [0.15, 0.2) is 30.3 Å². The van der Waals surface area contributed by atoms with Crippen LogP contribution in [-0.2, 0) is 16.1 Å². The molecule has 1 aliphatic heterocycles. The molecule has 0 radical (unpaired) electrons. The maximum Gasteiger partial charge on any atom is 0.317 e. The third-order valence-electron chi connectivity index (χ3n) is 4.41. The standard InChI is InChI=1S/C18H27N3O3/c1-18(16(22)20-13-15-7-4-3-5-8-15)9-6-11-21(14-18)17(23)19-10-12-24-2/h3-5,7-8H,6,9-14H2,1-2H3,(H,19,23)(H,20,22). The molecule has 0 bridgehead atoms. The molecule has 3 amide bonds. The Balaban J connectivity index is 1.88. The molecule has 24 heavy (non-hydrogen) atoms. The predicted octanol–water partition coefficient (Wildman–Crippen LogP) is 1.76. The highest BCUT2D eigenvalue weighted by molar-refractivity contribution is 5.84. The van der Waals surface area contributed by atoms with Crippen LogP contribution in [0.25, 0.3) is 0 Å². The van der Waals surface area contributed by atoms with Gasteiger partial charge in [0.1, 0.15) is 0 Å². The minimum Gasteiger partial charge on any atom is -0.383 e. The molecule has 6 nitrogen and oxygen atoms in total. The van der Waals surface area contributed by atoms with Crippen LogP contribution in [0.3, 0.4) is 0 Å². The summed E-state index contributed by atoms with van der Waals surface area (Å²) in [5.74, 6) is 0.000689. The molecular formula is C18H27N3O3. The maximum atomic E-state index is 12.6. The van der Waals surface area contributed by atoms with E-state index < -0.39 is 5.41 Å². The Morgan fingerprint density at radius 2 is 2.00 bits per heavy atom. The van der Waals surface area contributed by atoms with Gasteiger partial charge in [-0.2, -0.15) is 0 Å². The Labute approximate surface area is 143 Å². The normalized spacial score (nSPS) is 20.5. The molecule has 1 fully saturated rings. The summed E-state index contributed by atoms with van der Waals surface area (Å²) >= 11 is 0. The summed E-state index contributed by atoms with van der Waals surface area (Å²) < 4.78 is 4.94. The first kappa shape index (κ1) is 18.3. The van der Waals surface area contributed by atoms with Crippen molar-refractivity contribution in [3.63, 3.8) is 0 Å². The van der Waals surface area contributed by atoms with Gasteiger partial charge in [0.25, 0.3) is 0 Å². The number of amides is 3. The molecule has 132 valence electrons. The largest absolute Gasteiger partial charge is 0.383 e. The van der Waals surface area contributed by atoms with E-state index in [4.69, 9.17) is 4.74 Å². The second-order valence-electron chi connectivity index (χ2n) is 6.48. The Morgan fingerprint density at radius 1 is 1.25 bits per heavy atom. The fourth-order valence-corrected chi connectivity index (χ4v) is 2.96. The number of hydrogen-bond acceptors (Lipinski definition) is 3. The van der Waals surface area contributed by atoms with E-state index >= 15 is 0 Å². The third-order valence-corrected chi connectivity index (χ3v) is 4.41. The fraction of sp³-hybridized carbons (Fsp3) is 0.556. The SMILES string of the molecule is COCCNC(=O)N1CCCC(C)(C(=O)NCc2ccccc2)C1. The lowest BCUT2D eigenvalue weighted by Gasteiger charge is -2.39. The lowest BCUT2D eigenvalue weighted by Crippen LogP contribution is -2.54. The zero-order chi connectivity index (χ0) is 17.4. The molecule has 1 aromatic carbocycles. The zero-order valence-corrected chi connectivity index (χ0v) is 14.5. The van der Waals surface area contributed by atoms with Crippen LogP contribution >= 0.6 is 0 Å². The van der Waals surface area contributed by atoms with Crippen LogP contribution in [0.2, 0.25) is 0 Å². The van der Waals surface area contributed by atoms with Crippen molar-refractivity contribution >= 4 is 11.9 Å². The lowest BCUT2D eigenvalue weighted by molar-refractivity contribution is -0.132. The van der Waals surface area contributed by atoms with Gasteiger partial charge in [0.15, 0.2) is 0 Å². The highest BCUT2D eigenvalue weighted by Crippen LogP contribution is 2.29. The Bertz CT molecular complexity index is 550. The average molecular weight is 333 g/mol. The van der Waals surface area contributed by atoms with Crippen LogP contribution in [0.5, 0.6) is 0 Å². The van der Waals surface area contributed by atoms with Crippen LogP contribution in [0.4, 0.5) is 4.79 Å². The van der Waals surface area contributed by atoms with Crippen molar-refractivity contribution in [1.82, 2.24) is 15.5 Å². The Hall–Kier alpha value is -2.08. The van der Waals surface area contributed by atoms with Crippen molar-refractivity contribution in [1.29, 1.82) is 0 Å². The van der Waals surface area contributed by atoms with Gasteiger partial charge in [0.05, 0.1) is 12.0 Å². The fourth-order valence-electron chi connectivity index (χ4n) is 2.96. The number of piperidine rings is 1. The van der Waals surface area contributed by atoms with Crippen molar-refractivity contribution < 1.29 is 14.3 Å². The molecule has 1 heterocycles. The predicted molar refractivity (Wildman–Crippen MR) is 92.5 cm³/mol. The summed E-state index contributed by atoms with van der Waals surface area (Å²) in [6.07, 6.45) is 1.61. The van der Waals surface area contributed by atoms with Crippen molar-refractivity contribution in [3.05, 3.63) is 35.9 Å². The van der Waals surface area contributed by atoms with Gasteiger partial charge in [0, 0.05) is 33.3 Å². The van der Waals surface area contributed by atoms with Gasteiger partial charge in [-0.3, -0.25) is 4.79 Å². The minimum absolute atomic E-state index is 0.000689. The second-order valence-corrected chi connectivity index (χ2v) is 6.48. The van der Waals surface area contributed by atoms with Gasteiger partial charge in [-0.15, -0.1) is 0 Å². The van der Waals surface area contributed by atoms with Gasteiger partial charge >= 0.3 is 6.03 Å². The zero-order valence-electron chi connectivity index (χ0n) is 14.5. The minimum atomic E-state index is -0.550. The highest BCUT2D eigenvalue weighted by atomic mass is 16.5. The maximum absolute atomic E-state index is 12.6. The molecule has 0 saturated carbocycles. The summed E-state index contributed by atoms with van der Waals surface area (Å²) in [4.78, 5) is 26.5. The molecule has 1 aliphatic rings. The first-order chi connectivity index (χ1) is 11.5. The van der Waals surface area contributed by atoms with Crippen LogP contribution in [-0.4, -0.2) is 50.2 Å². The molecule has 1 saturated heterocycles. The summed E-state index contributed by atoms with van der Waals surface area (Å²) in [5.41, 5.74) is 0.519. The summed E-state index contributed by atoms with van der Waals surface area (Å²) in [7, 11) is 1.60. The van der Waals surface area contributed by atoms with Gasteiger partial charge < -0.3 is 20.3 Å². The second kappa shape index (κ2) is 8.68. The number of nitrogens with zero attached hydrogens (tertiary/aromatic N) is 1. The number of benzene rings is 1. The summed E-state index contributed by atoms with van der Waals surface area (Å²) in [5, 5.41) is 5.82. The van der Waals surface area contributed by atoms with Gasteiger partial charge in [-0.25, -0.2) is 4.79 Å². The molecule has 2 N–H and O–H groups in total. The molecule has 0 aromatic heterocycles. The lowest BCUT2D eigenvalue weighted by atomic mass is 9.81. The molecule has 1 atom stereocenters. The number of likely N-dealkylation sites (tertiary alicyclic amines) is 1. The Morgan fingerprint density at radius 3 is 2.71 bits per heavy atom. The van der Waals surface area contributed by atoms with Crippen molar-refractivity contribution in [2.45, 2.75) is 26.3 Å². The number of ether oxygens (including phenoxy) is 1. The van der Waals surface area contributed by atoms with Crippen molar-refractivity contribution in [2.75, 3.05) is 33.4 Å². The first-order valence-electron chi connectivity index (χ1n) is 8.39. The monoisotopic (exact) mass is 333 g/mol. The highest BCUT2D eigenvalue weighted by Gasteiger charge is 2.39. The number of methoxy groups -OCH3 is 1. The molecule has 6 heteroatoms. The van der Waals surface area contributed by atoms with E-state index in [1.807, 2.05) is 37.3 Å². The van der Waals surface area contributed by atoms with Gasteiger partial charge in [-0.1, -0.05) is 30.3 Å². The number of rotatable bonds is 6. The van der Waals surface area contributed by atoms with E-state index in [-0.39, 0.29) is 11.9 Å². The van der Waals surface area contributed by atoms with E-state index in [1.165, 1.54) is 0 Å². The molecule has 2 rings (SSSR count). The van der Waals surface area contributed by atoms with E-state index in [1.54, 1.807) is 12.0 Å². The van der Waals surface area contributed by atoms with Gasteiger partial charge in [0.2, 0.25) is 5.91 Å². The smallest absolute Gasteiger partial charge is 0.317 e. The van der Waals surface area contributed by atoms with E-state index in [0.717, 1.165) is 18.4 Å². The topological polar surface area (TPSA) is 70.7 Å². The van der Waals surface area contributed by atoms with Crippen molar-refractivity contribution in [2.24, 2.45) is 5.41 Å². The number of nitrogens with one attached hydrogen (secondary N) is 2. The molecule has 1 aromatic rings. The van der Waals surface area contributed by atoms with Crippen molar-refractivity contribution in [3.8, 4) is 0 Å². The number of hydrogen-bond donors (Lipinski definition) is 2. The number of carbonyl (C=O) groups is 2. The summed E-state index contributed by atoms with van der Waals surface area (Å²) in [6.45, 7) is 4.52. The number of urea groups is 1. The Kier molecular flexibility index (Phi) is 6.61. The van der Waals surface area contributed by atoms with Gasteiger partial charge in [-0.05, 0) is 25.3 Å². The molecule has 1 unspecified atom stereocenters. The number of carbonyl (C=O) groups excluding carboxylic acids is 2. The molecule has 0 spiro atoms. The van der Waals surface area contributed by atoms with E-state index in [2.05, 4.69) is 10.6 Å². The van der Waals surface area contributed by atoms with E-state index in [0.29, 0.717) is 32.8 Å². The quantitative estimate of drug-likeness (QED) is 0.779. The van der Waals surface area contributed by atoms with Crippen LogP contribution < -0.4 is 10.6 Å². The van der Waals surface area contributed by atoms with Crippen LogP contribution in [0.1, 0.15) is 25.3 Å². The first-order valence-corrected chi connectivity index (χ1v) is 8.39. The average Bonchev–Trinajstić information content (AvgIpc) is 2.60. The summed E-state index contributed by atoms with van der Waals surface area (Å²) in [6, 6.07) is 9.70. The van der Waals surface area contributed by atoms with E-state index in [9.17, 15) is 9.59 Å².